The van der Waals surface area contributed by atoms with Gasteiger partial charge in [-0.2, -0.15) is 0 Å². The normalized spacial score (nSPS) is 11.6. The number of carbonyl (C=O) groups is 2. The van der Waals surface area contributed by atoms with E-state index in [-0.39, 0.29) is 5.69 Å². The maximum absolute atomic E-state index is 13.4. The van der Waals surface area contributed by atoms with Crippen LogP contribution in [0.5, 0.6) is 0 Å². The standard InChI is InChI=1S/C18H18FNO3/c1-2-14(13-8-4-3-5-9-13)18(22)23-12-17(21)20-16-11-7-6-10-15(16)19/h3-11,14H,2,12H2,1H3,(H,20,21)/t14-/m1/s1. The number of para-hydroxylation sites is 1. The van der Waals surface area contributed by atoms with Gasteiger partial charge in [-0.05, 0) is 24.1 Å². The van der Waals surface area contributed by atoms with E-state index in [2.05, 4.69) is 5.32 Å². The van der Waals surface area contributed by atoms with Gasteiger partial charge in [0.05, 0.1) is 11.6 Å². The topological polar surface area (TPSA) is 55.4 Å². The SMILES string of the molecule is CC[C@@H](C(=O)OCC(=O)Nc1ccccc1F)c1ccccc1. The van der Waals surface area contributed by atoms with Gasteiger partial charge in [0.15, 0.2) is 6.61 Å². The molecule has 2 aromatic rings. The number of ether oxygens (including phenoxy) is 1. The van der Waals surface area contributed by atoms with Crippen LogP contribution in [-0.2, 0) is 14.3 Å². The summed E-state index contributed by atoms with van der Waals surface area (Å²) in [7, 11) is 0. The third-order valence-electron chi connectivity index (χ3n) is 3.39. The van der Waals surface area contributed by atoms with Crippen molar-refractivity contribution in [2.24, 2.45) is 0 Å². The smallest absolute Gasteiger partial charge is 0.313 e. The Labute approximate surface area is 134 Å². The molecule has 0 saturated carbocycles. The maximum atomic E-state index is 13.4. The summed E-state index contributed by atoms with van der Waals surface area (Å²) in [6.45, 7) is 1.43. The molecule has 4 nitrogen and oxygen atoms in total. The number of nitrogens with one attached hydrogen (secondary N) is 1. The quantitative estimate of drug-likeness (QED) is 0.830. The first-order chi connectivity index (χ1) is 11.1. The van der Waals surface area contributed by atoms with E-state index in [4.69, 9.17) is 4.74 Å². The molecule has 0 bridgehead atoms. The van der Waals surface area contributed by atoms with Crippen molar-refractivity contribution in [3.05, 3.63) is 66.0 Å². The third kappa shape index (κ3) is 4.64. The van der Waals surface area contributed by atoms with Crippen molar-refractivity contribution >= 4 is 17.6 Å². The first kappa shape index (κ1) is 16.7. The van der Waals surface area contributed by atoms with Gasteiger partial charge in [-0.25, -0.2) is 4.39 Å². The van der Waals surface area contributed by atoms with Crippen LogP contribution in [0.2, 0.25) is 0 Å². The minimum absolute atomic E-state index is 0.0589. The fraction of sp³-hybridized carbons (Fsp3) is 0.222. The molecule has 0 unspecified atom stereocenters. The summed E-state index contributed by atoms with van der Waals surface area (Å²) in [5, 5.41) is 2.37. The zero-order valence-electron chi connectivity index (χ0n) is 12.8. The van der Waals surface area contributed by atoms with E-state index < -0.39 is 30.2 Å². The van der Waals surface area contributed by atoms with Crippen molar-refractivity contribution < 1.29 is 18.7 Å². The summed E-state index contributed by atoms with van der Waals surface area (Å²) in [6.07, 6.45) is 0.567. The van der Waals surface area contributed by atoms with Gasteiger partial charge in [-0.3, -0.25) is 9.59 Å². The molecule has 23 heavy (non-hydrogen) atoms. The number of esters is 1. The number of carbonyl (C=O) groups excluding carboxylic acids is 2. The molecule has 0 spiro atoms. The number of anilines is 1. The zero-order valence-corrected chi connectivity index (χ0v) is 12.8. The van der Waals surface area contributed by atoms with Crippen molar-refractivity contribution in [2.45, 2.75) is 19.3 Å². The Morgan fingerprint density at radius 3 is 2.39 bits per heavy atom. The van der Waals surface area contributed by atoms with Crippen LogP contribution in [0.15, 0.2) is 54.6 Å². The Hall–Kier alpha value is -2.69. The Bertz CT molecular complexity index is 673. The highest BCUT2D eigenvalue weighted by Crippen LogP contribution is 2.20. The molecule has 120 valence electrons. The number of hydrogen-bond donors (Lipinski definition) is 1. The predicted octanol–water partition coefficient (Wildman–Crippen LogP) is 3.50. The van der Waals surface area contributed by atoms with E-state index in [0.717, 1.165) is 5.56 Å². The fourth-order valence-corrected chi connectivity index (χ4v) is 2.21. The van der Waals surface area contributed by atoms with Crippen molar-refractivity contribution in [2.75, 3.05) is 11.9 Å². The second-order valence-corrected chi connectivity index (χ2v) is 5.01. The largest absolute Gasteiger partial charge is 0.455 e. The van der Waals surface area contributed by atoms with E-state index in [9.17, 15) is 14.0 Å². The lowest BCUT2D eigenvalue weighted by Crippen LogP contribution is -2.24. The van der Waals surface area contributed by atoms with Crippen LogP contribution in [0.1, 0.15) is 24.8 Å². The van der Waals surface area contributed by atoms with Crippen LogP contribution < -0.4 is 5.32 Å². The number of benzene rings is 2. The van der Waals surface area contributed by atoms with Gasteiger partial charge < -0.3 is 10.1 Å². The number of amides is 1. The molecule has 0 fully saturated rings. The van der Waals surface area contributed by atoms with Crippen molar-refractivity contribution in [1.82, 2.24) is 0 Å². The predicted molar refractivity (Wildman–Crippen MR) is 85.5 cm³/mol. The van der Waals surface area contributed by atoms with Crippen molar-refractivity contribution in [3.8, 4) is 0 Å². The van der Waals surface area contributed by atoms with Crippen LogP contribution in [-0.4, -0.2) is 18.5 Å². The molecule has 5 heteroatoms. The molecule has 0 saturated heterocycles. The second-order valence-electron chi connectivity index (χ2n) is 5.01. The summed E-state index contributed by atoms with van der Waals surface area (Å²) < 4.78 is 18.5. The van der Waals surface area contributed by atoms with E-state index in [1.807, 2.05) is 37.3 Å². The Kier molecular flexibility index (Phi) is 5.86. The van der Waals surface area contributed by atoms with Crippen LogP contribution in [0.3, 0.4) is 0 Å². The van der Waals surface area contributed by atoms with E-state index in [0.29, 0.717) is 6.42 Å². The Morgan fingerprint density at radius 2 is 1.74 bits per heavy atom. The molecule has 2 rings (SSSR count). The summed E-state index contributed by atoms with van der Waals surface area (Å²) in [4.78, 5) is 23.9. The van der Waals surface area contributed by atoms with Crippen molar-refractivity contribution in [3.63, 3.8) is 0 Å². The molecular formula is C18H18FNO3. The first-order valence-corrected chi connectivity index (χ1v) is 7.37. The van der Waals surface area contributed by atoms with Crippen LogP contribution >= 0.6 is 0 Å². The van der Waals surface area contributed by atoms with E-state index >= 15 is 0 Å². The number of hydrogen-bond acceptors (Lipinski definition) is 3. The summed E-state index contributed by atoms with van der Waals surface area (Å²) >= 11 is 0. The molecular weight excluding hydrogens is 297 g/mol. The Morgan fingerprint density at radius 1 is 1.09 bits per heavy atom. The molecule has 0 aliphatic carbocycles. The van der Waals surface area contributed by atoms with E-state index in [1.54, 1.807) is 6.07 Å². The first-order valence-electron chi connectivity index (χ1n) is 7.37. The highest BCUT2D eigenvalue weighted by atomic mass is 19.1. The lowest BCUT2D eigenvalue weighted by Gasteiger charge is -2.14. The van der Waals surface area contributed by atoms with E-state index in [1.165, 1.54) is 18.2 Å². The summed E-state index contributed by atoms with van der Waals surface area (Å²) in [5.41, 5.74) is 0.901. The Balaban J connectivity index is 1.90. The van der Waals surface area contributed by atoms with Crippen molar-refractivity contribution in [1.29, 1.82) is 0 Å². The minimum atomic E-state index is -0.577. The number of rotatable bonds is 6. The van der Waals surface area contributed by atoms with Gasteiger partial charge >= 0.3 is 5.97 Å². The highest BCUT2D eigenvalue weighted by molar-refractivity contribution is 5.93. The molecule has 0 radical (unpaired) electrons. The van der Waals surface area contributed by atoms with Crippen LogP contribution in [0, 0.1) is 5.82 Å². The van der Waals surface area contributed by atoms with Gasteiger partial charge in [0, 0.05) is 0 Å². The molecule has 0 aromatic heterocycles. The third-order valence-corrected chi connectivity index (χ3v) is 3.39. The molecule has 1 atom stereocenters. The maximum Gasteiger partial charge on any atom is 0.313 e. The minimum Gasteiger partial charge on any atom is -0.455 e. The highest BCUT2D eigenvalue weighted by Gasteiger charge is 2.21. The molecule has 1 N–H and O–H groups in total. The monoisotopic (exact) mass is 315 g/mol. The zero-order chi connectivity index (χ0) is 16.7. The average molecular weight is 315 g/mol. The second kappa shape index (κ2) is 8.08. The lowest BCUT2D eigenvalue weighted by molar-refractivity contribution is -0.149. The number of halogens is 1. The molecule has 0 aliphatic rings. The van der Waals surface area contributed by atoms with Gasteiger partial charge in [0.1, 0.15) is 5.82 Å². The molecule has 0 aliphatic heterocycles. The van der Waals surface area contributed by atoms with Gasteiger partial charge in [0.2, 0.25) is 0 Å². The van der Waals surface area contributed by atoms with Gasteiger partial charge in [0.25, 0.3) is 5.91 Å². The molecule has 0 heterocycles. The summed E-state index contributed by atoms with van der Waals surface area (Å²) in [6, 6.07) is 15.0. The molecule has 2 aromatic carbocycles. The van der Waals surface area contributed by atoms with Gasteiger partial charge in [-0.15, -0.1) is 0 Å². The molecule has 1 amide bonds. The summed E-state index contributed by atoms with van der Waals surface area (Å²) in [5.74, 6) is -2.01. The lowest BCUT2D eigenvalue weighted by atomic mass is 9.97. The van der Waals surface area contributed by atoms with Crippen LogP contribution in [0.4, 0.5) is 10.1 Å². The average Bonchev–Trinajstić information content (AvgIpc) is 2.57. The van der Waals surface area contributed by atoms with Crippen LogP contribution in [0.25, 0.3) is 0 Å². The van der Waals surface area contributed by atoms with Gasteiger partial charge in [-0.1, -0.05) is 49.4 Å². The fourth-order valence-electron chi connectivity index (χ4n) is 2.21.